The van der Waals surface area contributed by atoms with Crippen molar-refractivity contribution in [3.8, 4) is 16.9 Å². The molecule has 0 aromatic heterocycles. The third kappa shape index (κ3) is 2.72. The number of carboxylic acid groups (broad SMARTS) is 1. The maximum Gasteiger partial charge on any atom is 0.335 e. The van der Waals surface area contributed by atoms with Crippen molar-refractivity contribution in [1.29, 1.82) is 0 Å². The number of rotatable bonds is 3. The van der Waals surface area contributed by atoms with Gasteiger partial charge in [-0.3, -0.25) is 10.1 Å². The van der Waals surface area contributed by atoms with E-state index >= 15 is 0 Å². The van der Waals surface area contributed by atoms with Crippen LogP contribution in [-0.2, 0) is 0 Å². The summed E-state index contributed by atoms with van der Waals surface area (Å²) in [6.07, 6.45) is 0. The number of nitro benzene ring substituents is 1. The fourth-order valence-corrected chi connectivity index (χ4v) is 1.75. The summed E-state index contributed by atoms with van der Waals surface area (Å²) in [5.41, 5.74) is -0.443. The van der Waals surface area contributed by atoms with Crippen LogP contribution in [0.3, 0.4) is 0 Å². The summed E-state index contributed by atoms with van der Waals surface area (Å²) in [6, 6.07) is 6.30. The van der Waals surface area contributed by atoms with Gasteiger partial charge in [0.25, 0.3) is 5.69 Å². The number of halogens is 1. The van der Waals surface area contributed by atoms with E-state index in [-0.39, 0.29) is 22.4 Å². The van der Waals surface area contributed by atoms with E-state index in [1.165, 1.54) is 12.1 Å². The number of aromatic carboxylic acids is 1. The third-order valence-corrected chi connectivity index (χ3v) is 2.59. The fraction of sp³-hybridized carbons (Fsp3) is 0. The first-order valence-corrected chi connectivity index (χ1v) is 5.39. The van der Waals surface area contributed by atoms with Gasteiger partial charge in [-0.25, -0.2) is 9.18 Å². The molecular weight excluding hydrogens is 269 g/mol. The standard InChI is InChI=1S/C13H8FNO5/c14-10-2-8(5-12(16)6-10)7-1-9(13(17)18)4-11(3-7)15(19)20/h1-6,16H,(H,17,18). The maximum absolute atomic E-state index is 13.2. The van der Waals surface area contributed by atoms with Gasteiger partial charge in [0, 0.05) is 18.2 Å². The van der Waals surface area contributed by atoms with Gasteiger partial charge in [0.2, 0.25) is 0 Å². The normalized spacial score (nSPS) is 10.2. The molecule has 2 aromatic rings. The largest absolute Gasteiger partial charge is 0.508 e. The van der Waals surface area contributed by atoms with Crippen LogP contribution in [0.5, 0.6) is 5.75 Å². The van der Waals surface area contributed by atoms with E-state index < -0.39 is 22.4 Å². The van der Waals surface area contributed by atoms with E-state index in [9.17, 15) is 24.4 Å². The summed E-state index contributed by atoms with van der Waals surface area (Å²) >= 11 is 0. The molecule has 2 rings (SSSR count). The Morgan fingerprint density at radius 3 is 2.30 bits per heavy atom. The topological polar surface area (TPSA) is 101 Å². The SMILES string of the molecule is O=C(O)c1cc(-c2cc(O)cc(F)c2)cc([N+](=O)[O-])c1. The Hall–Kier alpha value is -2.96. The lowest BCUT2D eigenvalue weighted by atomic mass is 10.0. The van der Waals surface area contributed by atoms with E-state index in [0.717, 1.165) is 24.3 Å². The lowest BCUT2D eigenvalue weighted by Crippen LogP contribution is -1.99. The van der Waals surface area contributed by atoms with Crippen LogP contribution in [0.1, 0.15) is 10.4 Å². The van der Waals surface area contributed by atoms with Gasteiger partial charge in [-0.15, -0.1) is 0 Å². The van der Waals surface area contributed by atoms with Gasteiger partial charge in [-0.2, -0.15) is 0 Å². The van der Waals surface area contributed by atoms with Crippen molar-refractivity contribution in [2.75, 3.05) is 0 Å². The van der Waals surface area contributed by atoms with Crippen molar-refractivity contribution in [3.63, 3.8) is 0 Å². The van der Waals surface area contributed by atoms with E-state index in [1.807, 2.05) is 0 Å². The monoisotopic (exact) mass is 277 g/mol. The van der Waals surface area contributed by atoms with Crippen LogP contribution < -0.4 is 0 Å². The Morgan fingerprint density at radius 1 is 1.10 bits per heavy atom. The molecule has 0 aliphatic rings. The van der Waals surface area contributed by atoms with Crippen molar-refractivity contribution in [2.24, 2.45) is 0 Å². The van der Waals surface area contributed by atoms with Crippen LogP contribution in [0.25, 0.3) is 11.1 Å². The zero-order valence-electron chi connectivity index (χ0n) is 9.91. The predicted octanol–water partition coefficient (Wildman–Crippen LogP) is 2.80. The number of carboxylic acids is 1. The molecule has 0 unspecified atom stereocenters. The summed E-state index contributed by atoms with van der Waals surface area (Å²) in [7, 11) is 0. The average Bonchev–Trinajstić information content (AvgIpc) is 2.36. The number of carbonyl (C=O) groups is 1. The Balaban J connectivity index is 2.66. The Labute approximate surface area is 111 Å². The number of benzene rings is 2. The second kappa shape index (κ2) is 4.96. The summed E-state index contributed by atoms with van der Waals surface area (Å²) in [6.45, 7) is 0. The number of phenolic OH excluding ortho intramolecular Hbond substituents is 1. The predicted molar refractivity (Wildman–Crippen MR) is 67.1 cm³/mol. The molecule has 2 aromatic carbocycles. The van der Waals surface area contributed by atoms with Gasteiger partial charge in [0.15, 0.2) is 0 Å². The maximum atomic E-state index is 13.2. The van der Waals surface area contributed by atoms with Gasteiger partial charge < -0.3 is 10.2 Å². The lowest BCUT2D eigenvalue weighted by Gasteiger charge is -2.05. The minimum Gasteiger partial charge on any atom is -0.508 e. The van der Waals surface area contributed by atoms with Crippen molar-refractivity contribution >= 4 is 11.7 Å². The fourth-order valence-electron chi connectivity index (χ4n) is 1.75. The van der Waals surface area contributed by atoms with Crippen LogP contribution in [0.2, 0.25) is 0 Å². The molecule has 2 N–H and O–H groups in total. The van der Waals surface area contributed by atoms with Crippen molar-refractivity contribution in [3.05, 3.63) is 57.9 Å². The average molecular weight is 277 g/mol. The molecule has 0 bridgehead atoms. The zero-order chi connectivity index (χ0) is 14.9. The quantitative estimate of drug-likeness (QED) is 0.663. The van der Waals surface area contributed by atoms with E-state index in [2.05, 4.69) is 0 Å². The summed E-state index contributed by atoms with van der Waals surface area (Å²) in [5.74, 6) is -2.43. The minimum atomic E-state index is -1.34. The van der Waals surface area contributed by atoms with E-state index in [0.29, 0.717) is 0 Å². The highest BCUT2D eigenvalue weighted by Crippen LogP contribution is 2.29. The van der Waals surface area contributed by atoms with Crippen LogP contribution in [0.15, 0.2) is 36.4 Å². The molecule has 0 saturated carbocycles. The molecule has 6 nitrogen and oxygen atoms in total. The second-order valence-electron chi connectivity index (χ2n) is 4.03. The van der Waals surface area contributed by atoms with E-state index in [4.69, 9.17) is 5.11 Å². The Morgan fingerprint density at radius 2 is 1.75 bits per heavy atom. The summed E-state index contributed by atoms with van der Waals surface area (Å²) in [5, 5.41) is 29.0. The van der Waals surface area contributed by atoms with Gasteiger partial charge in [0.05, 0.1) is 10.5 Å². The molecule has 0 fully saturated rings. The second-order valence-corrected chi connectivity index (χ2v) is 4.03. The van der Waals surface area contributed by atoms with Crippen molar-refractivity contribution < 1.29 is 24.3 Å². The van der Waals surface area contributed by atoms with Crippen LogP contribution in [0.4, 0.5) is 10.1 Å². The summed E-state index contributed by atoms with van der Waals surface area (Å²) < 4.78 is 13.2. The molecule has 0 spiro atoms. The van der Waals surface area contributed by atoms with Crippen LogP contribution >= 0.6 is 0 Å². The molecule has 20 heavy (non-hydrogen) atoms. The first kappa shape index (κ1) is 13.5. The molecule has 0 heterocycles. The first-order valence-electron chi connectivity index (χ1n) is 5.39. The van der Waals surface area contributed by atoms with Crippen molar-refractivity contribution in [1.82, 2.24) is 0 Å². The molecule has 102 valence electrons. The number of aromatic hydroxyl groups is 1. The molecule has 0 saturated heterocycles. The Bertz CT molecular complexity index is 661. The lowest BCUT2D eigenvalue weighted by molar-refractivity contribution is -0.384. The number of nitro groups is 1. The van der Waals surface area contributed by atoms with Gasteiger partial charge in [-0.05, 0) is 29.3 Å². The van der Waals surface area contributed by atoms with Gasteiger partial charge >= 0.3 is 5.97 Å². The number of hydrogen-bond acceptors (Lipinski definition) is 4. The molecular formula is C13H8FNO5. The van der Waals surface area contributed by atoms with Gasteiger partial charge in [0.1, 0.15) is 11.6 Å². The molecule has 0 aliphatic heterocycles. The number of hydrogen-bond donors (Lipinski definition) is 2. The van der Waals surface area contributed by atoms with Crippen LogP contribution in [0, 0.1) is 15.9 Å². The zero-order valence-corrected chi connectivity index (χ0v) is 9.91. The summed E-state index contributed by atoms with van der Waals surface area (Å²) in [4.78, 5) is 21.0. The highest BCUT2D eigenvalue weighted by Gasteiger charge is 2.15. The molecule has 0 aliphatic carbocycles. The van der Waals surface area contributed by atoms with Crippen molar-refractivity contribution in [2.45, 2.75) is 0 Å². The molecule has 0 atom stereocenters. The number of nitrogens with zero attached hydrogens (tertiary/aromatic N) is 1. The highest BCUT2D eigenvalue weighted by atomic mass is 19.1. The van der Waals surface area contributed by atoms with E-state index in [1.54, 1.807) is 0 Å². The number of non-ortho nitro benzene ring substituents is 1. The first-order chi connectivity index (χ1) is 9.36. The highest BCUT2D eigenvalue weighted by molar-refractivity contribution is 5.90. The van der Waals surface area contributed by atoms with Crippen LogP contribution in [-0.4, -0.2) is 21.1 Å². The van der Waals surface area contributed by atoms with Gasteiger partial charge in [-0.1, -0.05) is 0 Å². The smallest absolute Gasteiger partial charge is 0.335 e. The third-order valence-electron chi connectivity index (χ3n) is 2.59. The molecule has 0 amide bonds. The minimum absolute atomic E-state index is 0.131. The number of phenols is 1. The Kier molecular flexibility index (Phi) is 3.34. The molecule has 7 heteroatoms. The molecule has 0 radical (unpaired) electrons.